The van der Waals surface area contributed by atoms with E-state index < -0.39 is 0 Å². The van der Waals surface area contributed by atoms with Crippen LogP contribution >= 0.6 is 22.9 Å². The molecule has 0 N–H and O–H groups in total. The minimum Gasteiger partial charge on any atom is -0.344 e. The summed E-state index contributed by atoms with van der Waals surface area (Å²) in [5.41, 5.74) is 4.58. The second-order valence-corrected chi connectivity index (χ2v) is 7.33. The van der Waals surface area contributed by atoms with Gasteiger partial charge in [0.25, 0.3) is 0 Å². The summed E-state index contributed by atoms with van der Waals surface area (Å²) in [6, 6.07) is 22.0. The predicted octanol–water partition coefficient (Wildman–Crippen LogP) is 6.02. The van der Waals surface area contributed by atoms with Crippen LogP contribution in [0.3, 0.4) is 0 Å². The number of fused-ring (bicyclic) bond motifs is 1. The van der Waals surface area contributed by atoms with Crippen molar-refractivity contribution in [1.29, 1.82) is 5.26 Å². The van der Waals surface area contributed by atoms with Crippen LogP contribution in [0.1, 0.15) is 10.7 Å². The van der Waals surface area contributed by atoms with Gasteiger partial charge < -0.3 is 4.57 Å². The van der Waals surface area contributed by atoms with Crippen molar-refractivity contribution in [3.05, 3.63) is 76.4 Å². The molecule has 0 atom stereocenters. The topological polar surface area (TPSA) is 41.6 Å². The van der Waals surface area contributed by atoms with Crippen molar-refractivity contribution in [3.63, 3.8) is 0 Å². The van der Waals surface area contributed by atoms with Crippen molar-refractivity contribution in [3.8, 4) is 17.3 Å². The molecule has 2 heterocycles. The van der Waals surface area contributed by atoms with Crippen molar-refractivity contribution in [2.24, 2.45) is 7.05 Å². The Balaban J connectivity index is 1.75. The van der Waals surface area contributed by atoms with Gasteiger partial charge in [0, 0.05) is 23.5 Å². The second-order valence-electron chi connectivity index (χ2n) is 5.87. The van der Waals surface area contributed by atoms with Gasteiger partial charge in [-0.05, 0) is 48.0 Å². The molecule has 5 heteroatoms. The number of aromatic nitrogens is 2. The summed E-state index contributed by atoms with van der Waals surface area (Å²) >= 11 is 7.51. The number of rotatable bonds is 3. The first-order valence-corrected chi connectivity index (χ1v) is 9.24. The van der Waals surface area contributed by atoms with Gasteiger partial charge >= 0.3 is 0 Å². The van der Waals surface area contributed by atoms with Crippen LogP contribution in [0, 0.1) is 11.3 Å². The Morgan fingerprint density at radius 3 is 2.62 bits per heavy atom. The van der Waals surface area contributed by atoms with Crippen LogP contribution in [-0.2, 0) is 7.05 Å². The maximum Gasteiger partial charge on any atom is 0.135 e. The molecular formula is C21H14ClN3S. The molecule has 2 aromatic carbocycles. The summed E-state index contributed by atoms with van der Waals surface area (Å²) in [4.78, 5) is 4.59. The fourth-order valence-electron chi connectivity index (χ4n) is 2.86. The Morgan fingerprint density at radius 2 is 1.88 bits per heavy atom. The van der Waals surface area contributed by atoms with Gasteiger partial charge in [0.15, 0.2) is 0 Å². The molecule has 0 radical (unpaired) electrons. The van der Waals surface area contributed by atoms with Crippen LogP contribution in [0.4, 0.5) is 0 Å². The zero-order valence-electron chi connectivity index (χ0n) is 14.0. The lowest BCUT2D eigenvalue weighted by Gasteiger charge is -2.06. The largest absolute Gasteiger partial charge is 0.344 e. The van der Waals surface area contributed by atoms with Crippen LogP contribution in [-0.4, -0.2) is 9.55 Å². The number of halogens is 1. The molecule has 0 fully saturated rings. The van der Waals surface area contributed by atoms with Gasteiger partial charge in [-0.3, -0.25) is 0 Å². The number of hydrogen-bond donors (Lipinski definition) is 0. The number of nitriles is 1. The Kier molecular flexibility index (Phi) is 4.34. The number of benzene rings is 2. The molecule has 0 saturated heterocycles. The van der Waals surface area contributed by atoms with E-state index in [9.17, 15) is 5.26 Å². The quantitative estimate of drug-likeness (QED) is 0.411. The number of nitrogens with zero attached hydrogens (tertiary/aromatic N) is 3. The number of para-hydroxylation sites is 1. The first-order chi connectivity index (χ1) is 12.7. The average molecular weight is 376 g/mol. The van der Waals surface area contributed by atoms with Gasteiger partial charge in [-0.1, -0.05) is 35.9 Å². The zero-order valence-corrected chi connectivity index (χ0v) is 15.6. The molecule has 0 unspecified atom stereocenters. The predicted molar refractivity (Wildman–Crippen MR) is 109 cm³/mol. The lowest BCUT2D eigenvalue weighted by atomic mass is 10.1. The minimum absolute atomic E-state index is 0.565. The Bertz CT molecular complexity index is 1130. The van der Waals surface area contributed by atoms with E-state index in [4.69, 9.17) is 11.6 Å². The van der Waals surface area contributed by atoms with Gasteiger partial charge in [-0.2, -0.15) is 5.26 Å². The summed E-state index contributed by atoms with van der Waals surface area (Å²) in [6.07, 6.45) is 1.89. The van der Waals surface area contributed by atoms with Gasteiger partial charge in [0.2, 0.25) is 0 Å². The lowest BCUT2D eigenvalue weighted by molar-refractivity contribution is 0.924. The Morgan fingerprint density at radius 1 is 1.12 bits per heavy atom. The summed E-state index contributed by atoms with van der Waals surface area (Å²) in [6.45, 7) is 0. The van der Waals surface area contributed by atoms with E-state index in [0.29, 0.717) is 10.6 Å². The van der Waals surface area contributed by atoms with Crippen molar-refractivity contribution in [2.45, 2.75) is 0 Å². The molecule has 126 valence electrons. The third-order valence-electron chi connectivity index (χ3n) is 4.24. The maximum atomic E-state index is 9.64. The Labute approximate surface area is 160 Å². The normalized spacial score (nSPS) is 11.7. The number of allylic oxidation sites excluding steroid dienone is 1. The van der Waals surface area contributed by atoms with E-state index in [-0.39, 0.29) is 0 Å². The lowest BCUT2D eigenvalue weighted by Crippen LogP contribution is -1.94. The summed E-state index contributed by atoms with van der Waals surface area (Å²) < 4.78 is 3.14. The molecule has 3 nitrogen and oxygen atoms in total. The van der Waals surface area contributed by atoms with Crippen LogP contribution in [0.5, 0.6) is 0 Å². The summed E-state index contributed by atoms with van der Waals surface area (Å²) in [5.74, 6) is 0. The molecule has 0 bridgehead atoms. The van der Waals surface area contributed by atoms with Crippen molar-refractivity contribution < 1.29 is 0 Å². The van der Waals surface area contributed by atoms with Crippen molar-refractivity contribution in [1.82, 2.24) is 9.55 Å². The zero-order chi connectivity index (χ0) is 18.1. The van der Waals surface area contributed by atoms with Crippen LogP contribution in [0.15, 0.2) is 60.7 Å². The van der Waals surface area contributed by atoms with E-state index in [1.165, 1.54) is 11.3 Å². The van der Waals surface area contributed by atoms with E-state index in [1.807, 2.05) is 73.8 Å². The SMILES string of the molecule is Cn1c(/C=C(\C#N)c2nc3ccccc3s2)ccc1-c1ccc(Cl)cc1. The van der Waals surface area contributed by atoms with E-state index >= 15 is 0 Å². The molecule has 0 amide bonds. The first kappa shape index (κ1) is 16.6. The standard InChI is InChI=1S/C21H14ClN3S/c1-25-17(10-11-19(25)14-6-8-16(22)9-7-14)12-15(13-23)21-24-18-4-2-3-5-20(18)26-21/h2-12H,1H3/b15-12+. The highest BCUT2D eigenvalue weighted by Crippen LogP contribution is 2.29. The van der Waals surface area contributed by atoms with Crippen LogP contribution in [0.2, 0.25) is 5.02 Å². The monoisotopic (exact) mass is 375 g/mol. The fourth-order valence-corrected chi connectivity index (χ4v) is 3.92. The highest BCUT2D eigenvalue weighted by atomic mass is 35.5. The van der Waals surface area contributed by atoms with Gasteiger partial charge in [-0.25, -0.2) is 4.98 Å². The number of thiazole rings is 1. The summed E-state index contributed by atoms with van der Waals surface area (Å²) in [5, 5.41) is 11.1. The highest BCUT2D eigenvalue weighted by molar-refractivity contribution is 7.19. The molecule has 0 aliphatic carbocycles. The van der Waals surface area contributed by atoms with E-state index in [0.717, 1.165) is 32.2 Å². The third-order valence-corrected chi connectivity index (χ3v) is 5.56. The molecule has 0 aliphatic rings. The Hall–Kier alpha value is -2.87. The van der Waals surface area contributed by atoms with Gasteiger partial charge in [0.1, 0.15) is 11.1 Å². The number of hydrogen-bond acceptors (Lipinski definition) is 3. The average Bonchev–Trinajstić information content (AvgIpc) is 3.24. The fraction of sp³-hybridized carbons (Fsp3) is 0.0476. The molecule has 0 saturated carbocycles. The van der Waals surface area contributed by atoms with Crippen LogP contribution < -0.4 is 0 Å². The molecule has 0 spiro atoms. The molecule has 4 aromatic rings. The second kappa shape index (κ2) is 6.80. The molecule has 4 rings (SSSR count). The summed E-state index contributed by atoms with van der Waals surface area (Å²) in [7, 11) is 1.99. The maximum absolute atomic E-state index is 9.64. The minimum atomic E-state index is 0.565. The van der Waals surface area contributed by atoms with E-state index in [1.54, 1.807) is 0 Å². The molecular weight excluding hydrogens is 362 g/mol. The van der Waals surface area contributed by atoms with E-state index in [2.05, 4.69) is 15.6 Å². The molecule has 0 aliphatic heterocycles. The first-order valence-electron chi connectivity index (χ1n) is 8.05. The van der Waals surface area contributed by atoms with Gasteiger partial charge in [-0.15, -0.1) is 11.3 Å². The van der Waals surface area contributed by atoms with Crippen molar-refractivity contribution in [2.75, 3.05) is 0 Å². The molecule has 2 aromatic heterocycles. The third kappa shape index (κ3) is 3.03. The van der Waals surface area contributed by atoms with Crippen molar-refractivity contribution >= 4 is 44.8 Å². The highest BCUT2D eigenvalue weighted by Gasteiger charge is 2.11. The molecule has 26 heavy (non-hydrogen) atoms. The smallest absolute Gasteiger partial charge is 0.135 e. The van der Waals surface area contributed by atoms with Crippen LogP contribution in [0.25, 0.3) is 33.1 Å². The van der Waals surface area contributed by atoms with Gasteiger partial charge in [0.05, 0.1) is 15.8 Å².